The molecule has 3 aromatic rings. The molecule has 0 spiro atoms. The van der Waals surface area contributed by atoms with Crippen LogP contribution in [0.2, 0.25) is 0 Å². The van der Waals surface area contributed by atoms with E-state index in [0.29, 0.717) is 22.6 Å². The van der Waals surface area contributed by atoms with Crippen molar-refractivity contribution < 1.29 is 22.7 Å². The van der Waals surface area contributed by atoms with Crippen LogP contribution in [0.5, 0.6) is 5.75 Å². The highest BCUT2D eigenvalue weighted by atomic mass is 19.4. The predicted molar refractivity (Wildman–Crippen MR) is 112 cm³/mol. The highest BCUT2D eigenvalue weighted by molar-refractivity contribution is 5.88. The number of carbonyl (C=O) groups is 1. The number of nitrogens with one attached hydrogen (secondary N) is 1. The monoisotopic (exact) mass is 467 g/mol. The van der Waals surface area contributed by atoms with E-state index >= 15 is 0 Å². The molecule has 178 valence electrons. The predicted octanol–water partition coefficient (Wildman–Crippen LogP) is 2.81. The first kappa shape index (κ1) is 24.1. The number of rotatable bonds is 7. The lowest BCUT2D eigenvalue weighted by atomic mass is 10.1. The average Bonchev–Trinajstić information content (AvgIpc) is 3.07. The quantitative estimate of drug-likeness (QED) is 0.568. The van der Waals surface area contributed by atoms with Gasteiger partial charge < -0.3 is 4.74 Å². The zero-order valence-electron chi connectivity index (χ0n) is 18.8. The van der Waals surface area contributed by atoms with E-state index in [9.17, 15) is 22.8 Å². The summed E-state index contributed by atoms with van der Waals surface area (Å²) in [6.07, 6.45) is -4.69. The summed E-state index contributed by atoms with van der Waals surface area (Å²) in [5.74, 6) is -0.927. The van der Waals surface area contributed by atoms with Gasteiger partial charge >= 0.3 is 6.18 Å². The van der Waals surface area contributed by atoms with E-state index in [4.69, 9.17) is 4.74 Å². The van der Waals surface area contributed by atoms with Gasteiger partial charge in [0.05, 0.1) is 6.61 Å². The van der Waals surface area contributed by atoms with Crippen molar-refractivity contribution in [1.29, 1.82) is 0 Å². The van der Waals surface area contributed by atoms with E-state index in [-0.39, 0.29) is 29.3 Å². The largest absolute Gasteiger partial charge is 0.491 e. The highest BCUT2D eigenvalue weighted by Gasteiger charge is 2.35. The van der Waals surface area contributed by atoms with Gasteiger partial charge in [-0.3, -0.25) is 14.9 Å². The molecule has 0 aliphatic heterocycles. The molecule has 0 aromatic carbocycles. The summed E-state index contributed by atoms with van der Waals surface area (Å²) in [6.45, 7) is 8.98. The lowest BCUT2D eigenvalue weighted by Gasteiger charge is -2.16. The van der Waals surface area contributed by atoms with Crippen molar-refractivity contribution in [1.82, 2.24) is 29.4 Å². The summed E-state index contributed by atoms with van der Waals surface area (Å²) >= 11 is 0. The van der Waals surface area contributed by atoms with Crippen LogP contribution in [0.1, 0.15) is 50.7 Å². The van der Waals surface area contributed by atoms with Crippen LogP contribution in [0.3, 0.4) is 0 Å². The van der Waals surface area contributed by atoms with Crippen molar-refractivity contribution in [3.63, 3.8) is 0 Å². The van der Waals surface area contributed by atoms with E-state index < -0.39 is 29.9 Å². The molecule has 0 saturated carbocycles. The molecular formula is C20H24F3N7O3. The number of carbonyl (C=O) groups excluding carboxylic acids is 1. The molecule has 0 atom stereocenters. The van der Waals surface area contributed by atoms with E-state index in [1.54, 1.807) is 0 Å². The number of ether oxygens (including phenoxy) is 1. The molecule has 0 saturated heterocycles. The van der Waals surface area contributed by atoms with Crippen LogP contribution < -0.4 is 15.6 Å². The maximum Gasteiger partial charge on any atom is 0.433 e. The summed E-state index contributed by atoms with van der Waals surface area (Å²) < 4.78 is 47.0. The molecule has 3 aromatic heterocycles. The number of aromatic nitrogens is 6. The van der Waals surface area contributed by atoms with E-state index in [1.165, 1.54) is 13.0 Å². The molecule has 0 unspecified atom stereocenters. The summed E-state index contributed by atoms with van der Waals surface area (Å²) in [6, 6.07) is 2.09. The van der Waals surface area contributed by atoms with E-state index in [2.05, 4.69) is 25.5 Å². The molecule has 3 heterocycles. The van der Waals surface area contributed by atoms with Gasteiger partial charge in [-0.15, -0.1) is 5.10 Å². The number of halogens is 3. The first-order chi connectivity index (χ1) is 15.3. The molecule has 0 bridgehead atoms. The molecule has 0 aliphatic rings. The van der Waals surface area contributed by atoms with Gasteiger partial charge in [0.15, 0.2) is 5.69 Å². The second-order valence-corrected chi connectivity index (χ2v) is 8.23. The number of hydrogen-bond donors (Lipinski definition) is 1. The Morgan fingerprint density at radius 3 is 2.45 bits per heavy atom. The second-order valence-electron chi connectivity index (χ2n) is 8.23. The molecule has 33 heavy (non-hydrogen) atoms. The first-order valence-corrected chi connectivity index (χ1v) is 10.2. The Bertz CT molecular complexity index is 1230. The van der Waals surface area contributed by atoms with Crippen molar-refractivity contribution in [2.24, 2.45) is 5.92 Å². The zero-order valence-corrected chi connectivity index (χ0v) is 18.8. The minimum absolute atomic E-state index is 0.0858. The minimum Gasteiger partial charge on any atom is -0.491 e. The molecule has 1 amide bonds. The summed E-state index contributed by atoms with van der Waals surface area (Å²) in [7, 11) is 0. The standard InChI is InChI=1S/C20H24F3N7O3/c1-10(2)9-33-13-7-16(32)29(27-17(13)11(3)4)8-15(31)25-18-26-19-24-12(5)6-14(20(21,22)23)30(19)28-18/h6-7,10-11H,8-9H2,1-5H3,(H,25,28,31). The molecule has 0 radical (unpaired) electrons. The van der Waals surface area contributed by atoms with Gasteiger partial charge in [-0.2, -0.15) is 27.8 Å². The Balaban J connectivity index is 1.84. The molecule has 10 nitrogen and oxygen atoms in total. The van der Waals surface area contributed by atoms with Gasteiger partial charge in [-0.05, 0) is 18.9 Å². The normalized spacial score (nSPS) is 12.1. The van der Waals surface area contributed by atoms with Crippen LogP contribution in [0, 0.1) is 12.8 Å². The molecule has 13 heteroatoms. The van der Waals surface area contributed by atoms with Gasteiger partial charge in [0.1, 0.15) is 18.0 Å². The number of amides is 1. The van der Waals surface area contributed by atoms with Gasteiger partial charge in [0.25, 0.3) is 17.3 Å². The Morgan fingerprint density at radius 1 is 1.15 bits per heavy atom. The van der Waals surface area contributed by atoms with Gasteiger partial charge in [0.2, 0.25) is 5.91 Å². The average molecular weight is 467 g/mol. The summed E-state index contributed by atoms with van der Waals surface area (Å²) in [5.41, 5.74) is -1.04. The van der Waals surface area contributed by atoms with Crippen LogP contribution in [0.4, 0.5) is 19.1 Å². The van der Waals surface area contributed by atoms with Crippen LogP contribution >= 0.6 is 0 Å². The number of alkyl halides is 3. The van der Waals surface area contributed by atoms with Crippen molar-refractivity contribution in [3.05, 3.63) is 39.6 Å². The number of aryl methyl sites for hydroxylation is 1. The minimum atomic E-state index is -4.69. The Labute approximate surface area is 186 Å². The molecule has 0 aliphatic carbocycles. The van der Waals surface area contributed by atoms with Gasteiger partial charge in [-0.1, -0.05) is 27.7 Å². The third-order valence-electron chi connectivity index (χ3n) is 4.38. The molecular weight excluding hydrogens is 443 g/mol. The highest BCUT2D eigenvalue weighted by Crippen LogP contribution is 2.29. The van der Waals surface area contributed by atoms with Gasteiger partial charge in [0, 0.05) is 17.7 Å². The Morgan fingerprint density at radius 2 is 1.85 bits per heavy atom. The van der Waals surface area contributed by atoms with Crippen LogP contribution in [-0.2, 0) is 17.5 Å². The van der Waals surface area contributed by atoms with Crippen molar-refractivity contribution >= 4 is 17.6 Å². The van der Waals surface area contributed by atoms with Crippen LogP contribution in [0.25, 0.3) is 5.78 Å². The SMILES string of the molecule is Cc1cc(C(F)(F)F)n2nc(NC(=O)Cn3nc(C(C)C)c(OCC(C)C)cc3=O)nc2n1. The van der Waals surface area contributed by atoms with E-state index in [1.807, 2.05) is 27.7 Å². The van der Waals surface area contributed by atoms with Crippen LogP contribution in [-0.4, -0.2) is 41.9 Å². The Kier molecular flexibility index (Phi) is 6.70. The third kappa shape index (κ3) is 5.65. The first-order valence-electron chi connectivity index (χ1n) is 10.2. The maximum atomic E-state index is 13.3. The maximum absolute atomic E-state index is 13.3. The topological polar surface area (TPSA) is 116 Å². The lowest BCUT2D eigenvalue weighted by Crippen LogP contribution is -2.31. The van der Waals surface area contributed by atoms with Crippen LogP contribution in [0.15, 0.2) is 16.9 Å². The third-order valence-corrected chi connectivity index (χ3v) is 4.38. The van der Waals surface area contributed by atoms with E-state index in [0.717, 1.165) is 10.7 Å². The number of fused-ring (bicyclic) bond motifs is 1. The Hall–Kier alpha value is -3.51. The van der Waals surface area contributed by atoms with Gasteiger partial charge in [-0.25, -0.2) is 9.67 Å². The molecule has 0 fully saturated rings. The van der Waals surface area contributed by atoms with Crippen molar-refractivity contribution in [3.8, 4) is 5.75 Å². The summed E-state index contributed by atoms with van der Waals surface area (Å²) in [4.78, 5) is 32.7. The zero-order chi connectivity index (χ0) is 24.5. The fourth-order valence-electron chi connectivity index (χ4n) is 2.92. The smallest absolute Gasteiger partial charge is 0.433 e. The van der Waals surface area contributed by atoms with Crippen molar-refractivity contribution in [2.45, 2.75) is 53.3 Å². The second kappa shape index (κ2) is 9.16. The molecule has 3 rings (SSSR count). The number of anilines is 1. The molecule has 1 N–H and O–H groups in total. The summed E-state index contributed by atoms with van der Waals surface area (Å²) in [5, 5.41) is 10.2. The van der Waals surface area contributed by atoms with Crippen molar-refractivity contribution in [2.75, 3.05) is 11.9 Å². The number of hydrogen-bond acceptors (Lipinski definition) is 7. The fraction of sp³-hybridized carbons (Fsp3) is 0.500. The number of nitrogens with zero attached hydrogens (tertiary/aromatic N) is 6. The fourth-order valence-corrected chi connectivity index (χ4v) is 2.92. The lowest BCUT2D eigenvalue weighted by molar-refractivity contribution is -0.142.